The molecule has 1 aliphatic rings. The lowest BCUT2D eigenvalue weighted by Crippen LogP contribution is -2.50. The third-order valence-electron chi connectivity index (χ3n) is 4.01. The summed E-state index contributed by atoms with van der Waals surface area (Å²) in [4.78, 5) is 2.29. The number of nitriles is 1. The molecule has 1 aromatic carbocycles. The third kappa shape index (κ3) is 4.42. The molecule has 1 saturated heterocycles. The summed E-state index contributed by atoms with van der Waals surface area (Å²) in [5, 5.41) is 17.5. The van der Waals surface area contributed by atoms with Crippen LogP contribution in [0.15, 0.2) is 23.1 Å². The van der Waals surface area contributed by atoms with Crippen LogP contribution in [0, 0.1) is 11.3 Å². The molecular weight excluding hydrogens is 316 g/mol. The number of ether oxygens (including phenoxy) is 1. The molecule has 0 aromatic heterocycles. The molecule has 8 heteroatoms. The molecule has 3 N–H and O–H groups in total. The molecule has 126 valence electrons. The van der Waals surface area contributed by atoms with Crippen molar-refractivity contribution in [2.24, 2.45) is 5.14 Å². The monoisotopic (exact) mass is 338 g/mol. The fourth-order valence-corrected chi connectivity index (χ4v) is 3.26. The Morgan fingerprint density at radius 1 is 1.57 bits per heavy atom. The Hall–Kier alpha value is -1.66. The van der Waals surface area contributed by atoms with Crippen molar-refractivity contribution in [2.75, 3.05) is 31.6 Å². The van der Waals surface area contributed by atoms with Crippen molar-refractivity contribution in [1.29, 1.82) is 5.26 Å². The Morgan fingerprint density at radius 3 is 2.91 bits per heavy atom. The van der Waals surface area contributed by atoms with E-state index in [2.05, 4.69) is 24.1 Å². The number of benzene rings is 1. The molecule has 0 saturated carbocycles. The SMILES string of the molecule is CC(CNc1ccc(S(N)(=O)=O)cc1C#N)N1CCOCC1C. The quantitative estimate of drug-likeness (QED) is 0.819. The van der Waals surface area contributed by atoms with Crippen LogP contribution < -0.4 is 10.5 Å². The van der Waals surface area contributed by atoms with Gasteiger partial charge in [-0.2, -0.15) is 5.26 Å². The van der Waals surface area contributed by atoms with Crippen LogP contribution in [0.3, 0.4) is 0 Å². The smallest absolute Gasteiger partial charge is 0.238 e. The van der Waals surface area contributed by atoms with Gasteiger partial charge in [0.25, 0.3) is 0 Å². The van der Waals surface area contributed by atoms with Gasteiger partial charge >= 0.3 is 0 Å². The van der Waals surface area contributed by atoms with E-state index in [0.29, 0.717) is 18.3 Å². The fourth-order valence-electron chi connectivity index (χ4n) is 2.72. The molecule has 0 spiro atoms. The highest BCUT2D eigenvalue weighted by atomic mass is 32.2. The average molecular weight is 338 g/mol. The van der Waals surface area contributed by atoms with Crippen molar-refractivity contribution in [3.8, 4) is 6.07 Å². The van der Waals surface area contributed by atoms with Crippen molar-refractivity contribution in [3.05, 3.63) is 23.8 Å². The molecule has 1 aromatic rings. The number of primary sulfonamides is 1. The number of hydrogen-bond donors (Lipinski definition) is 2. The number of nitrogens with two attached hydrogens (primary N) is 1. The van der Waals surface area contributed by atoms with Gasteiger partial charge in [-0.15, -0.1) is 0 Å². The van der Waals surface area contributed by atoms with Gasteiger partial charge in [0.1, 0.15) is 6.07 Å². The fraction of sp³-hybridized carbons (Fsp3) is 0.533. The van der Waals surface area contributed by atoms with E-state index in [1.165, 1.54) is 12.1 Å². The molecule has 1 aliphatic heterocycles. The van der Waals surface area contributed by atoms with Crippen molar-refractivity contribution >= 4 is 15.7 Å². The number of sulfonamides is 1. The number of anilines is 1. The molecule has 2 unspecified atom stereocenters. The van der Waals surface area contributed by atoms with Crippen LogP contribution in [0.25, 0.3) is 0 Å². The van der Waals surface area contributed by atoms with Crippen LogP contribution in [0.2, 0.25) is 0 Å². The van der Waals surface area contributed by atoms with Gasteiger partial charge in [-0.1, -0.05) is 0 Å². The minimum atomic E-state index is -3.81. The summed E-state index contributed by atoms with van der Waals surface area (Å²) < 4.78 is 28.1. The molecule has 0 radical (unpaired) electrons. The molecule has 1 fully saturated rings. The number of morpholine rings is 1. The first kappa shape index (κ1) is 17.7. The second kappa shape index (κ2) is 7.27. The maximum absolute atomic E-state index is 11.4. The molecule has 0 aliphatic carbocycles. The molecule has 0 bridgehead atoms. The highest BCUT2D eigenvalue weighted by Crippen LogP contribution is 2.20. The maximum atomic E-state index is 11.4. The molecule has 0 amide bonds. The minimum absolute atomic E-state index is 0.0607. The van der Waals surface area contributed by atoms with Crippen molar-refractivity contribution in [1.82, 2.24) is 4.90 Å². The van der Waals surface area contributed by atoms with Gasteiger partial charge in [-0.05, 0) is 32.0 Å². The molecule has 7 nitrogen and oxygen atoms in total. The zero-order chi connectivity index (χ0) is 17.0. The van der Waals surface area contributed by atoms with E-state index < -0.39 is 10.0 Å². The lowest BCUT2D eigenvalue weighted by molar-refractivity contribution is -0.0159. The topological polar surface area (TPSA) is 108 Å². The summed E-state index contributed by atoms with van der Waals surface area (Å²) in [5.41, 5.74) is 0.867. The normalized spacial score (nSPS) is 20.7. The van der Waals surface area contributed by atoms with Crippen LogP contribution in [-0.4, -0.2) is 51.7 Å². The van der Waals surface area contributed by atoms with Gasteiger partial charge in [0.15, 0.2) is 0 Å². The van der Waals surface area contributed by atoms with Crippen LogP contribution in [0.4, 0.5) is 5.69 Å². The van der Waals surface area contributed by atoms with Gasteiger partial charge in [0, 0.05) is 25.2 Å². The second-order valence-corrected chi connectivity index (χ2v) is 7.32. The van der Waals surface area contributed by atoms with Gasteiger partial charge in [-0.25, -0.2) is 13.6 Å². The van der Waals surface area contributed by atoms with E-state index in [4.69, 9.17) is 9.88 Å². The molecule has 23 heavy (non-hydrogen) atoms. The van der Waals surface area contributed by atoms with Crippen LogP contribution in [-0.2, 0) is 14.8 Å². The van der Waals surface area contributed by atoms with Gasteiger partial charge in [0.05, 0.1) is 29.4 Å². The lowest BCUT2D eigenvalue weighted by atomic mass is 10.1. The zero-order valence-electron chi connectivity index (χ0n) is 13.3. The minimum Gasteiger partial charge on any atom is -0.382 e. The first-order valence-corrected chi connectivity index (χ1v) is 9.02. The van der Waals surface area contributed by atoms with Crippen molar-refractivity contribution in [3.63, 3.8) is 0 Å². The largest absolute Gasteiger partial charge is 0.382 e. The Morgan fingerprint density at radius 2 is 2.30 bits per heavy atom. The van der Waals surface area contributed by atoms with E-state index in [1.807, 2.05) is 6.07 Å². The Bertz CT molecular complexity index is 699. The number of hydrogen-bond acceptors (Lipinski definition) is 6. The average Bonchev–Trinajstić information content (AvgIpc) is 2.52. The number of nitrogens with zero attached hydrogens (tertiary/aromatic N) is 2. The Balaban J connectivity index is 2.07. The molecule has 1 heterocycles. The van der Waals surface area contributed by atoms with Gasteiger partial charge in [-0.3, -0.25) is 4.90 Å². The molecule has 2 atom stereocenters. The molecular formula is C15H22N4O3S. The van der Waals surface area contributed by atoms with E-state index in [1.54, 1.807) is 6.07 Å². The predicted octanol–water partition coefficient (Wildman–Crippen LogP) is 0.727. The summed E-state index contributed by atoms with van der Waals surface area (Å²) >= 11 is 0. The van der Waals surface area contributed by atoms with E-state index in [0.717, 1.165) is 19.8 Å². The Kier molecular flexibility index (Phi) is 5.59. The molecule has 2 rings (SSSR count). The summed E-state index contributed by atoms with van der Waals surface area (Å²) in [6, 6.07) is 6.89. The summed E-state index contributed by atoms with van der Waals surface area (Å²) in [6.07, 6.45) is 0. The van der Waals surface area contributed by atoms with E-state index in [-0.39, 0.29) is 16.5 Å². The van der Waals surface area contributed by atoms with Crippen molar-refractivity contribution < 1.29 is 13.2 Å². The van der Waals surface area contributed by atoms with E-state index in [9.17, 15) is 13.7 Å². The zero-order valence-corrected chi connectivity index (χ0v) is 14.1. The van der Waals surface area contributed by atoms with E-state index >= 15 is 0 Å². The lowest BCUT2D eigenvalue weighted by Gasteiger charge is -2.38. The van der Waals surface area contributed by atoms with Crippen LogP contribution in [0.1, 0.15) is 19.4 Å². The third-order valence-corrected chi connectivity index (χ3v) is 4.92. The Labute approximate surface area is 137 Å². The van der Waals surface area contributed by atoms with Crippen LogP contribution >= 0.6 is 0 Å². The van der Waals surface area contributed by atoms with Gasteiger partial charge in [0.2, 0.25) is 10.0 Å². The number of nitrogens with one attached hydrogen (secondary N) is 1. The summed E-state index contributed by atoms with van der Waals surface area (Å²) in [5.74, 6) is 0. The first-order valence-electron chi connectivity index (χ1n) is 7.47. The summed E-state index contributed by atoms with van der Waals surface area (Å²) in [7, 11) is -3.81. The summed E-state index contributed by atoms with van der Waals surface area (Å²) in [6.45, 7) is 7.20. The predicted molar refractivity (Wildman–Crippen MR) is 87.5 cm³/mol. The van der Waals surface area contributed by atoms with Gasteiger partial charge < -0.3 is 10.1 Å². The highest BCUT2D eigenvalue weighted by Gasteiger charge is 2.23. The first-order chi connectivity index (χ1) is 10.8. The standard InChI is InChI=1S/C15H22N4O3S/c1-11(19-5-6-22-10-12(19)2)9-18-15-4-3-14(23(17,20)21)7-13(15)8-16/h3-4,7,11-12,18H,5-6,9-10H2,1-2H3,(H2,17,20,21). The van der Waals surface area contributed by atoms with Crippen molar-refractivity contribution in [2.45, 2.75) is 30.8 Å². The van der Waals surface area contributed by atoms with Crippen LogP contribution in [0.5, 0.6) is 0 Å². The second-order valence-electron chi connectivity index (χ2n) is 5.76. The number of rotatable bonds is 5. The maximum Gasteiger partial charge on any atom is 0.238 e. The highest BCUT2D eigenvalue weighted by molar-refractivity contribution is 7.89.